The van der Waals surface area contributed by atoms with Crippen LogP contribution in [0.15, 0.2) is 12.1 Å². The van der Waals surface area contributed by atoms with Crippen molar-refractivity contribution < 1.29 is 31.1 Å². The molecule has 3 nitrogen and oxygen atoms in total. The van der Waals surface area contributed by atoms with Crippen molar-refractivity contribution in [1.29, 1.82) is 0 Å². The molecule has 94 valence electrons. The molecule has 0 spiro atoms. The van der Waals surface area contributed by atoms with Gasteiger partial charge in [0.05, 0.1) is 6.61 Å². The van der Waals surface area contributed by atoms with Crippen molar-refractivity contribution in [2.45, 2.75) is 39.7 Å². The van der Waals surface area contributed by atoms with Crippen LogP contribution in [0.2, 0.25) is 0 Å². The molecule has 0 unspecified atom stereocenters. The van der Waals surface area contributed by atoms with Crippen LogP contribution in [0.25, 0.3) is 0 Å². The quantitative estimate of drug-likeness (QED) is 0.494. The number of halogens is 1. The number of rotatable bonds is 3. The van der Waals surface area contributed by atoms with Crippen LogP contribution in [0.4, 0.5) is 0 Å². The van der Waals surface area contributed by atoms with Gasteiger partial charge in [-0.15, -0.1) is 0 Å². The minimum absolute atomic E-state index is 0. The summed E-state index contributed by atoms with van der Waals surface area (Å²) in [6.07, 6.45) is 3.41. The van der Waals surface area contributed by atoms with Gasteiger partial charge in [0.2, 0.25) is 6.54 Å². The second-order valence-electron chi connectivity index (χ2n) is 4.19. The number of pyridine rings is 1. The molecular formula is C13H18BrNO2. The Hall–Kier alpha value is -0.900. The number of aryl methyl sites for hydroxylation is 2. The van der Waals surface area contributed by atoms with Crippen LogP contribution in [0.3, 0.4) is 0 Å². The van der Waals surface area contributed by atoms with E-state index in [1.807, 2.05) is 13.8 Å². The zero-order valence-corrected chi connectivity index (χ0v) is 11.9. The van der Waals surface area contributed by atoms with E-state index < -0.39 is 0 Å². The smallest absolute Gasteiger partial charge is 0.372 e. The molecule has 1 aliphatic carbocycles. The minimum atomic E-state index is -0.143. The summed E-state index contributed by atoms with van der Waals surface area (Å²) in [7, 11) is 0. The normalized spacial score (nSPS) is 12.8. The molecule has 0 aliphatic heterocycles. The van der Waals surface area contributed by atoms with Gasteiger partial charge in [0, 0.05) is 25.0 Å². The molecule has 0 saturated carbocycles. The van der Waals surface area contributed by atoms with E-state index in [4.69, 9.17) is 4.74 Å². The van der Waals surface area contributed by atoms with Crippen LogP contribution < -0.4 is 21.5 Å². The zero-order valence-electron chi connectivity index (χ0n) is 10.3. The first kappa shape index (κ1) is 14.2. The van der Waals surface area contributed by atoms with Crippen LogP contribution in [0.5, 0.6) is 0 Å². The Morgan fingerprint density at radius 1 is 1.41 bits per heavy atom. The van der Waals surface area contributed by atoms with Gasteiger partial charge in [-0.2, -0.15) is 4.57 Å². The van der Waals surface area contributed by atoms with Gasteiger partial charge in [-0.1, -0.05) is 0 Å². The van der Waals surface area contributed by atoms with E-state index in [0.717, 1.165) is 18.5 Å². The summed E-state index contributed by atoms with van der Waals surface area (Å²) in [5.74, 6) is -0.143. The van der Waals surface area contributed by atoms with Crippen molar-refractivity contribution in [3.05, 3.63) is 29.1 Å². The Kier molecular flexibility index (Phi) is 5.12. The molecule has 2 rings (SSSR count). The number of hydrogen-bond acceptors (Lipinski definition) is 2. The minimum Gasteiger partial charge on any atom is -1.00 e. The summed E-state index contributed by atoms with van der Waals surface area (Å²) in [5, 5.41) is 0. The molecule has 4 heteroatoms. The monoisotopic (exact) mass is 299 g/mol. The fourth-order valence-corrected chi connectivity index (χ4v) is 2.32. The fourth-order valence-electron chi connectivity index (χ4n) is 2.32. The number of nitrogens with zero attached hydrogens (tertiary/aromatic N) is 1. The summed E-state index contributed by atoms with van der Waals surface area (Å²) in [6.45, 7) is 4.68. The number of aromatic nitrogens is 1. The molecule has 1 aliphatic rings. The van der Waals surface area contributed by atoms with Gasteiger partial charge < -0.3 is 21.7 Å². The van der Waals surface area contributed by atoms with Crippen LogP contribution in [0.1, 0.15) is 30.3 Å². The van der Waals surface area contributed by atoms with Crippen molar-refractivity contribution in [2.75, 3.05) is 6.61 Å². The molecular weight excluding hydrogens is 282 g/mol. The lowest BCUT2D eigenvalue weighted by atomic mass is 10.2. The second-order valence-corrected chi connectivity index (χ2v) is 4.19. The summed E-state index contributed by atoms with van der Waals surface area (Å²) < 4.78 is 7.10. The summed E-state index contributed by atoms with van der Waals surface area (Å²) >= 11 is 0. The van der Waals surface area contributed by atoms with Gasteiger partial charge in [0.15, 0.2) is 11.4 Å². The van der Waals surface area contributed by atoms with Crippen molar-refractivity contribution >= 4 is 5.97 Å². The number of carbonyl (C=O) groups excluding carboxylic acids is 1. The van der Waals surface area contributed by atoms with E-state index in [-0.39, 0.29) is 23.0 Å². The number of fused-ring (bicyclic) bond motifs is 1. The summed E-state index contributed by atoms with van der Waals surface area (Å²) in [5.41, 5.74) is 3.83. The predicted octanol–water partition coefficient (Wildman–Crippen LogP) is -1.66. The van der Waals surface area contributed by atoms with Crippen LogP contribution in [-0.4, -0.2) is 12.6 Å². The van der Waals surface area contributed by atoms with Crippen LogP contribution in [0, 0.1) is 6.92 Å². The van der Waals surface area contributed by atoms with E-state index in [0.29, 0.717) is 13.2 Å². The lowest BCUT2D eigenvalue weighted by molar-refractivity contribution is -0.698. The first-order chi connectivity index (χ1) is 7.72. The molecule has 1 aromatic rings. The highest BCUT2D eigenvalue weighted by Crippen LogP contribution is 2.18. The molecule has 0 saturated heterocycles. The largest absolute Gasteiger partial charge is 1.00 e. The molecule has 0 atom stereocenters. The predicted molar refractivity (Wildman–Crippen MR) is 60.0 cm³/mol. The van der Waals surface area contributed by atoms with Gasteiger partial charge in [-0.05, 0) is 25.8 Å². The number of carbonyl (C=O) groups is 1. The Morgan fingerprint density at radius 3 is 2.88 bits per heavy atom. The SMILES string of the molecule is CCOC(=O)C[n+]1c(C)ccc2c1CCC2.[Br-]. The third-order valence-corrected chi connectivity index (χ3v) is 3.10. The van der Waals surface area contributed by atoms with E-state index >= 15 is 0 Å². The molecule has 17 heavy (non-hydrogen) atoms. The Balaban J connectivity index is 0.00000144. The average Bonchev–Trinajstić information content (AvgIpc) is 2.71. The third kappa shape index (κ3) is 3.06. The number of hydrogen-bond donors (Lipinski definition) is 0. The highest BCUT2D eigenvalue weighted by atomic mass is 79.9. The van der Waals surface area contributed by atoms with Crippen LogP contribution in [-0.2, 0) is 28.9 Å². The van der Waals surface area contributed by atoms with Gasteiger partial charge in [0.1, 0.15) is 0 Å². The van der Waals surface area contributed by atoms with Crippen molar-refractivity contribution in [2.24, 2.45) is 0 Å². The molecule has 0 radical (unpaired) electrons. The third-order valence-electron chi connectivity index (χ3n) is 3.10. The average molecular weight is 300 g/mol. The maximum Gasteiger partial charge on any atom is 0.372 e. The molecule has 0 bridgehead atoms. The maximum absolute atomic E-state index is 11.5. The highest BCUT2D eigenvalue weighted by molar-refractivity contribution is 5.67. The number of esters is 1. The summed E-state index contributed by atoms with van der Waals surface area (Å²) in [4.78, 5) is 11.5. The van der Waals surface area contributed by atoms with Gasteiger partial charge >= 0.3 is 5.97 Å². The first-order valence-electron chi connectivity index (χ1n) is 5.89. The molecule has 1 heterocycles. The van der Waals surface area contributed by atoms with Crippen molar-refractivity contribution in [3.8, 4) is 0 Å². The van der Waals surface area contributed by atoms with Gasteiger partial charge in [-0.25, -0.2) is 4.79 Å². The summed E-state index contributed by atoms with van der Waals surface area (Å²) in [6, 6.07) is 4.27. The van der Waals surface area contributed by atoms with E-state index in [2.05, 4.69) is 16.7 Å². The molecule has 0 amide bonds. The molecule has 0 N–H and O–H groups in total. The molecule has 1 aromatic heterocycles. The lowest BCUT2D eigenvalue weighted by Crippen LogP contribution is -3.00. The maximum atomic E-state index is 11.5. The topological polar surface area (TPSA) is 30.2 Å². The Labute approximate surface area is 113 Å². The van der Waals surface area contributed by atoms with Crippen LogP contribution >= 0.6 is 0 Å². The van der Waals surface area contributed by atoms with Gasteiger partial charge in [0.25, 0.3) is 0 Å². The van der Waals surface area contributed by atoms with E-state index in [1.54, 1.807) is 0 Å². The standard InChI is InChI=1S/C13H18NO2.BrH/c1-3-16-13(15)9-14-10(2)7-8-11-5-4-6-12(11)14;/h7-8H,3-6,9H2,1-2H3;1H/q+1;/p-1. The highest BCUT2D eigenvalue weighted by Gasteiger charge is 2.25. The molecule has 0 fully saturated rings. The number of ether oxygens (including phenoxy) is 1. The van der Waals surface area contributed by atoms with E-state index in [9.17, 15) is 4.79 Å². The Bertz CT molecular complexity index is 418. The lowest BCUT2D eigenvalue weighted by Gasteiger charge is -2.05. The molecule has 0 aromatic carbocycles. The fraction of sp³-hybridized carbons (Fsp3) is 0.538. The Morgan fingerprint density at radius 2 is 2.18 bits per heavy atom. The van der Waals surface area contributed by atoms with E-state index in [1.165, 1.54) is 17.7 Å². The zero-order chi connectivity index (χ0) is 11.5. The second kappa shape index (κ2) is 6.15. The van der Waals surface area contributed by atoms with Crippen molar-refractivity contribution in [3.63, 3.8) is 0 Å². The van der Waals surface area contributed by atoms with Gasteiger partial charge in [-0.3, -0.25) is 0 Å². The van der Waals surface area contributed by atoms with Crippen molar-refractivity contribution in [1.82, 2.24) is 0 Å². The first-order valence-corrected chi connectivity index (χ1v) is 5.89.